The molecule has 13 heavy (non-hydrogen) atoms. The number of nitrogens with two attached hydrogens (primary N) is 1. The van der Waals surface area contributed by atoms with Crippen LogP contribution < -0.4 is 5.73 Å². The van der Waals surface area contributed by atoms with Gasteiger partial charge in [0, 0.05) is 26.1 Å². The van der Waals surface area contributed by atoms with Crippen LogP contribution in [0.5, 0.6) is 0 Å². The van der Waals surface area contributed by atoms with Gasteiger partial charge in [0.15, 0.2) is 0 Å². The first-order chi connectivity index (χ1) is 6.19. The molecule has 1 aliphatic heterocycles. The van der Waals surface area contributed by atoms with Gasteiger partial charge in [-0.1, -0.05) is 6.92 Å². The number of ether oxygens (including phenoxy) is 1. The number of carbonyl (C=O) groups excluding carboxylic acids is 1. The Morgan fingerprint density at radius 3 is 2.85 bits per heavy atom. The largest absolute Gasteiger partial charge is 0.384 e. The molecule has 1 amide bonds. The van der Waals surface area contributed by atoms with Crippen molar-refractivity contribution in [3.05, 3.63) is 0 Å². The van der Waals surface area contributed by atoms with Crippen LogP contribution in [0.3, 0.4) is 0 Å². The minimum Gasteiger partial charge on any atom is -0.384 e. The molecule has 0 saturated carbocycles. The molecule has 0 radical (unpaired) electrons. The first-order valence-electron chi connectivity index (χ1n) is 4.65. The highest BCUT2D eigenvalue weighted by Gasteiger charge is 2.31. The Morgan fingerprint density at radius 1 is 1.62 bits per heavy atom. The average Bonchev–Trinajstić information content (AvgIpc) is 2.47. The lowest BCUT2D eigenvalue weighted by atomic mass is 10.00. The second-order valence-electron chi connectivity index (χ2n) is 3.70. The summed E-state index contributed by atoms with van der Waals surface area (Å²) in [5.41, 5.74) is 5.29. The number of likely N-dealkylation sites (tertiary alicyclic amines) is 1. The van der Waals surface area contributed by atoms with Crippen molar-refractivity contribution in [2.75, 3.05) is 33.4 Å². The molecule has 1 fully saturated rings. The number of carbonyl (C=O) groups is 1. The summed E-state index contributed by atoms with van der Waals surface area (Å²) >= 11 is 0. The lowest BCUT2D eigenvalue weighted by molar-refractivity contribution is -0.128. The van der Waals surface area contributed by atoms with E-state index in [9.17, 15) is 4.79 Å². The van der Waals surface area contributed by atoms with E-state index in [4.69, 9.17) is 10.5 Å². The summed E-state index contributed by atoms with van der Waals surface area (Å²) in [7, 11) is 1.69. The molecule has 0 bridgehead atoms. The van der Waals surface area contributed by atoms with Crippen LogP contribution in [0, 0.1) is 11.8 Å². The van der Waals surface area contributed by atoms with E-state index in [1.54, 1.807) is 7.11 Å². The van der Waals surface area contributed by atoms with Crippen LogP contribution in [0.4, 0.5) is 0 Å². The maximum absolute atomic E-state index is 11.3. The molecule has 76 valence electrons. The second kappa shape index (κ2) is 4.58. The van der Waals surface area contributed by atoms with E-state index in [2.05, 4.69) is 6.92 Å². The Morgan fingerprint density at radius 2 is 2.31 bits per heavy atom. The highest BCUT2D eigenvalue weighted by atomic mass is 16.5. The van der Waals surface area contributed by atoms with Gasteiger partial charge in [-0.25, -0.2) is 0 Å². The predicted molar refractivity (Wildman–Crippen MR) is 50.2 cm³/mol. The Kier molecular flexibility index (Phi) is 3.69. The third-order valence-corrected chi connectivity index (χ3v) is 2.68. The van der Waals surface area contributed by atoms with Crippen LogP contribution in [0.2, 0.25) is 0 Å². The van der Waals surface area contributed by atoms with Crippen LogP contribution in [-0.4, -0.2) is 44.2 Å². The molecule has 1 rings (SSSR count). The summed E-state index contributed by atoms with van der Waals surface area (Å²) in [5, 5.41) is 0. The van der Waals surface area contributed by atoms with Crippen molar-refractivity contribution >= 4 is 5.91 Å². The average molecular weight is 186 g/mol. The van der Waals surface area contributed by atoms with Crippen LogP contribution in [0.1, 0.15) is 6.92 Å². The molecule has 0 aromatic carbocycles. The highest BCUT2D eigenvalue weighted by Crippen LogP contribution is 2.22. The van der Waals surface area contributed by atoms with Crippen molar-refractivity contribution in [2.45, 2.75) is 6.92 Å². The van der Waals surface area contributed by atoms with Gasteiger partial charge in [0.25, 0.3) is 0 Å². The Balaban J connectivity index is 2.44. The number of rotatable bonds is 3. The minimum absolute atomic E-state index is 0.0467. The van der Waals surface area contributed by atoms with Gasteiger partial charge in [-0.15, -0.1) is 0 Å². The van der Waals surface area contributed by atoms with Gasteiger partial charge in [0.2, 0.25) is 5.91 Å². The maximum Gasteiger partial charge on any atom is 0.236 e. The van der Waals surface area contributed by atoms with Gasteiger partial charge in [-0.2, -0.15) is 0 Å². The smallest absolute Gasteiger partial charge is 0.236 e. The van der Waals surface area contributed by atoms with E-state index < -0.39 is 0 Å². The van der Waals surface area contributed by atoms with Crippen molar-refractivity contribution in [3.63, 3.8) is 0 Å². The Labute approximate surface area is 79.0 Å². The molecule has 4 heteroatoms. The zero-order valence-electron chi connectivity index (χ0n) is 8.32. The van der Waals surface area contributed by atoms with Crippen molar-refractivity contribution < 1.29 is 9.53 Å². The number of hydrogen-bond donors (Lipinski definition) is 1. The summed E-state index contributed by atoms with van der Waals surface area (Å²) < 4.78 is 5.09. The summed E-state index contributed by atoms with van der Waals surface area (Å²) in [6.45, 7) is 4.62. The predicted octanol–water partition coefficient (Wildman–Crippen LogP) is -0.314. The maximum atomic E-state index is 11.3. The van der Waals surface area contributed by atoms with Gasteiger partial charge in [-0.3, -0.25) is 4.79 Å². The lowest BCUT2D eigenvalue weighted by Gasteiger charge is -2.14. The molecule has 4 nitrogen and oxygen atoms in total. The van der Waals surface area contributed by atoms with Gasteiger partial charge in [-0.05, 0) is 5.92 Å². The zero-order valence-corrected chi connectivity index (χ0v) is 8.32. The van der Waals surface area contributed by atoms with Crippen molar-refractivity contribution in [3.8, 4) is 0 Å². The summed E-state index contributed by atoms with van der Waals surface area (Å²) in [6.07, 6.45) is 0. The summed E-state index contributed by atoms with van der Waals surface area (Å²) in [4.78, 5) is 13.1. The highest BCUT2D eigenvalue weighted by molar-refractivity contribution is 5.78. The topological polar surface area (TPSA) is 55.6 Å². The quantitative estimate of drug-likeness (QED) is 0.657. The van der Waals surface area contributed by atoms with E-state index in [0.29, 0.717) is 11.8 Å². The van der Waals surface area contributed by atoms with E-state index in [0.717, 1.165) is 19.7 Å². The number of nitrogens with zero attached hydrogens (tertiary/aromatic N) is 1. The van der Waals surface area contributed by atoms with Gasteiger partial charge < -0.3 is 15.4 Å². The molecular formula is C9H18N2O2. The van der Waals surface area contributed by atoms with E-state index in [-0.39, 0.29) is 12.5 Å². The molecule has 1 aliphatic rings. The van der Waals surface area contributed by atoms with Crippen LogP contribution in [0.25, 0.3) is 0 Å². The van der Waals surface area contributed by atoms with E-state index >= 15 is 0 Å². The van der Waals surface area contributed by atoms with Gasteiger partial charge >= 0.3 is 0 Å². The van der Waals surface area contributed by atoms with Crippen LogP contribution in [0.15, 0.2) is 0 Å². The molecule has 0 aromatic heterocycles. The zero-order chi connectivity index (χ0) is 9.84. The third kappa shape index (κ3) is 2.42. The van der Waals surface area contributed by atoms with Gasteiger partial charge in [0.05, 0.1) is 13.2 Å². The van der Waals surface area contributed by atoms with Crippen molar-refractivity contribution in [1.82, 2.24) is 4.90 Å². The molecule has 0 spiro atoms. The fourth-order valence-electron chi connectivity index (χ4n) is 1.80. The molecule has 2 N–H and O–H groups in total. The molecular weight excluding hydrogens is 168 g/mol. The lowest BCUT2D eigenvalue weighted by Crippen LogP contribution is -2.34. The second-order valence-corrected chi connectivity index (χ2v) is 3.70. The van der Waals surface area contributed by atoms with Gasteiger partial charge in [0.1, 0.15) is 0 Å². The number of amides is 1. The van der Waals surface area contributed by atoms with E-state index in [1.807, 2.05) is 4.90 Å². The fourth-order valence-corrected chi connectivity index (χ4v) is 1.80. The monoisotopic (exact) mass is 186 g/mol. The first kappa shape index (κ1) is 10.5. The molecule has 0 unspecified atom stereocenters. The first-order valence-corrected chi connectivity index (χ1v) is 4.65. The fraction of sp³-hybridized carbons (Fsp3) is 0.889. The molecule has 1 heterocycles. The molecule has 1 saturated heterocycles. The van der Waals surface area contributed by atoms with Crippen molar-refractivity contribution in [2.24, 2.45) is 17.6 Å². The van der Waals surface area contributed by atoms with Crippen molar-refractivity contribution in [1.29, 1.82) is 0 Å². The molecule has 0 aromatic rings. The third-order valence-electron chi connectivity index (χ3n) is 2.68. The van der Waals surface area contributed by atoms with Crippen LogP contribution in [-0.2, 0) is 9.53 Å². The Hall–Kier alpha value is -0.610. The Bertz CT molecular complexity index is 184. The minimum atomic E-state index is 0.0467. The summed E-state index contributed by atoms with van der Waals surface area (Å²) in [5.74, 6) is 1.04. The summed E-state index contributed by atoms with van der Waals surface area (Å²) in [6, 6.07) is 0. The number of methoxy groups -OCH3 is 1. The van der Waals surface area contributed by atoms with Crippen LogP contribution >= 0.6 is 0 Å². The molecule has 2 atom stereocenters. The SMILES string of the molecule is COC[C@@H]1CN(C(=O)CN)C[C@H]1C. The molecule has 0 aliphatic carbocycles. The normalized spacial score (nSPS) is 28.1. The van der Waals surface area contributed by atoms with E-state index in [1.165, 1.54) is 0 Å². The standard InChI is InChI=1S/C9H18N2O2/c1-7-4-11(9(12)3-10)5-8(7)6-13-2/h7-8H,3-6,10H2,1-2H3/t7-,8+/m1/s1. The number of hydrogen-bond acceptors (Lipinski definition) is 3.